The Balaban J connectivity index is 2.21. The number of nitrogens with zero attached hydrogens (tertiary/aromatic N) is 1. The van der Waals surface area contributed by atoms with Crippen LogP contribution in [0.15, 0.2) is 0 Å². The van der Waals surface area contributed by atoms with Gasteiger partial charge in [0, 0.05) is 16.9 Å². The highest BCUT2D eigenvalue weighted by atomic mass is 32.2. The van der Waals surface area contributed by atoms with Crippen molar-refractivity contribution >= 4 is 23.7 Å². The number of ether oxygens (including phenoxy) is 1. The largest absolute Gasteiger partial charge is 0.459 e. The Morgan fingerprint density at radius 3 is 2.80 bits per heavy atom. The van der Waals surface area contributed by atoms with Crippen LogP contribution in [0, 0.1) is 10.8 Å². The molecule has 2 saturated heterocycles. The zero-order valence-corrected chi connectivity index (χ0v) is 10.1. The molecule has 5 heteroatoms. The molecule has 2 aliphatic heterocycles. The summed E-state index contributed by atoms with van der Waals surface area (Å²) in [7, 11) is 0. The van der Waals surface area contributed by atoms with Gasteiger partial charge in [-0.15, -0.1) is 0 Å². The number of nitrogens with one attached hydrogen (secondary N) is 1. The average Bonchev–Trinajstić information content (AvgIpc) is 2.60. The number of rotatable bonds is 0. The summed E-state index contributed by atoms with van der Waals surface area (Å²) < 4.78 is 5.38. The first-order valence-corrected chi connectivity index (χ1v) is 6.23. The summed E-state index contributed by atoms with van der Waals surface area (Å²) in [5.74, 6) is 1.76. The van der Waals surface area contributed by atoms with Gasteiger partial charge in [0.1, 0.15) is 6.10 Å². The van der Waals surface area contributed by atoms with E-state index in [4.69, 9.17) is 10.1 Å². The Hall–Kier alpha value is -0.710. The van der Waals surface area contributed by atoms with Gasteiger partial charge in [0.05, 0.1) is 6.04 Å². The fourth-order valence-electron chi connectivity index (χ4n) is 1.83. The van der Waals surface area contributed by atoms with Gasteiger partial charge < -0.3 is 4.74 Å². The number of hydrogen-bond donors (Lipinski definition) is 1. The molecule has 0 aromatic carbocycles. The van der Waals surface area contributed by atoms with Gasteiger partial charge in [-0.3, -0.25) is 15.1 Å². The van der Waals surface area contributed by atoms with Crippen LogP contribution in [0.25, 0.3) is 0 Å². The van der Waals surface area contributed by atoms with Crippen LogP contribution >= 0.6 is 11.8 Å². The predicted molar refractivity (Wildman–Crippen MR) is 60.0 cm³/mol. The lowest BCUT2D eigenvalue weighted by Gasteiger charge is -2.27. The van der Waals surface area contributed by atoms with Crippen LogP contribution in [-0.4, -0.2) is 40.5 Å². The van der Waals surface area contributed by atoms with E-state index in [1.165, 1.54) is 4.90 Å². The van der Waals surface area contributed by atoms with Gasteiger partial charge >= 0.3 is 0 Å². The molecule has 2 heterocycles. The Labute approximate surface area is 93.9 Å². The van der Waals surface area contributed by atoms with E-state index in [0.717, 1.165) is 11.5 Å². The molecule has 0 aromatic heterocycles. The van der Waals surface area contributed by atoms with Crippen LogP contribution in [-0.2, 0) is 9.53 Å². The fourth-order valence-corrected chi connectivity index (χ4v) is 3.10. The van der Waals surface area contributed by atoms with Crippen LogP contribution in [0.1, 0.15) is 20.8 Å². The minimum absolute atomic E-state index is 0.0116. The third-order valence-electron chi connectivity index (χ3n) is 2.67. The Morgan fingerprint density at radius 1 is 1.53 bits per heavy atom. The van der Waals surface area contributed by atoms with E-state index < -0.39 is 5.41 Å². The van der Waals surface area contributed by atoms with E-state index in [0.29, 0.717) is 0 Å². The predicted octanol–water partition coefficient (Wildman–Crippen LogP) is 1.31. The van der Waals surface area contributed by atoms with Crippen LogP contribution in [0.4, 0.5) is 0 Å². The normalized spacial score (nSPS) is 30.3. The molecule has 0 radical (unpaired) electrons. The standard InChI is InChI=1S/C10H16N2O2S/c1-10(2,3)8(13)12-6-4-15-5-7(6)14-9(12)11/h6-7,11H,4-5H2,1-3H3/t6-,7+/m0/s1. The van der Waals surface area contributed by atoms with Crippen molar-refractivity contribution in [1.82, 2.24) is 4.90 Å². The maximum absolute atomic E-state index is 12.1. The van der Waals surface area contributed by atoms with E-state index >= 15 is 0 Å². The lowest BCUT2D eigenvalue weighted by atomic mass is 9.94. The first-order chi connectivity index (χ1) is 6.91. The number of thioether (sulfide) groups is 1. The monoisotopic (exact) mass is 228 g/mol. The molecule has 2 aliphatic rings. The zero-order chi connectivity index (χ0) is 11.2. The molecule has 2 fully saturated rings. The van der Waals surface area contributed by atoms with Crippen LogP contribution in [0.3, 0.4) is 0 Å². The molecule has 2 atom stereocenters. The second-order valence-electron chi connectivity index (χ2n) is 4.99. The summed E-state index contributed by atoms with van der Waals surface area (Å²) in [5, 5.41) is 7.69. The van der Waals surface area contributed by atoms with Crippen molar-refractivity contribution in [3.63, 3.8) is 0 Å². The minimum atomic E-state index is -0.447. The van der Waals surface area contributed by atoms with E-state index in [2.05, 4.69) is 0 Å². The summed E-state index contributed by atoms with van der Waals surface area (Å²) in [5.41, 5.74) is -0.447. The van der Waals surface area contributed by atoms with Gasteiger partial charge in [0.25, 0.3) is 6.02 Å². The second kappa shape index (κ2) is 3.40. The zero-order valence-electron chi connectivity index (χ0n) is 9.24. The molecular formula is C10H16N2O2S. The van der Waals surface area contributed by atoms with Crippen LogP contribution < -0.4 is 0 Å². The number of fused-ring (bicyclic) bond motifs is 1. The van der Waals surface area contributed by atoms with E-state index in [9.17, 15) is 4.79 Å². The molecule has 2 rings (SSSR count). The third-order valence-corrected chi connectivity index (χ3v) is 3.82. The SMILES string of the molecule is CC(C)(C)C(=O)N1C(=N)O[C@@H]2CSC[C@@H]21. The van der Waals surface area contributed by atoms with Crippen molar-refractivity contribution in [3.8, 4) is 0 Å². The highest BCUT2D eigenvalue weighted by Gasteiger charge is 2.48. The molecule has 4 nitrogen and oxygen atoms in total. The van der Waals surface area contributed by atoms with Crippen LogP contribution in [0.5, 0.6) is 0 Å². The van der Waals surface area contributed by atoms with Crippen molar-refractivity contribution in [2.24, 2.45) is 5.41 Å². The van der Waals surface area contributed by atoms with Crippen LogP contribution in [0.2, 0.25) is 0 Å². The summed E-state index contributed by atoms with van der Waals surface area (Å²) in [4.78, 5) is 13.6. The topological polar surface area (TPSA) is 53.4 Å². The Kier molecular flexibility index (Phi) is 2.45. The van der Waals surface area contributed by atoms with Crippen molar-refractivity contribution in [3.05, 3.63) is 0 Å². The molecular weight excluding hydrogens is 212 g/mol. The molecule has 1 N–H and O–H groups in total. The molecule has 84 valence electrons. The van der Waals surface area contributed by atoms with E-state index in [1.54, 1.807) is 11.8 Å². The molecule has 0 aliphatic carbocycles. The summed E-state index contributed by atoms with van der Waals surface area (Å²) in [6.07, 6.45) is 0.0359. The van der Waals surface area contributed by atoms with Gasteiger partial charge in [0.2, 0.25) is 5.91 Å². The second-order valence-corrected chi connectivity index (χ2v) is 6.07. The average molecular weight is 228 g/mol. The lowest BCUT2D eigenvalue weighted by molar-refractivity contribution is -0.136. The van der Waals surface area contributed by atoms with Gasteiger partial charge in [-0.2, -0.15) is 11.8 Å². The molecule has 0 aromatic rings. The van der Waals surface area contributed by atoms with Gasteiger partial charge in [-0.05, 0) is 0 Å². The van der Waals surface area contributed by atoms with E-state index in [1.807, 2.05) is 20.8 Å². The number of carbonyl (C=O) groups is 1. The molecule has 0 unspecified atom stereocenters. The van der Waals surface area contributed by atoms with Crippen molar-refractivity contribution in [2.75, 3.05) is 11.5 Å². The molecule has 0 spiro atoms. The number of amidine groups is 1. The number of hydrogen-bond acceptors (Lipinski definition) is 4. The first-order valence-electron chi connectivity index (χ1n) is 5.08. The van der Waals surface area contributed by atoms with Gasteiger partial charge in [-0.25, -0.2) is 0 Å². The highest BCUT2D eigenvalue weighted by molar-refractivity contribution is 7.99. The quantitative estimate of drug-likeness (QED) is 0.680. The molecule has 1 amide bonds. The minimum Gasteiger partial charge on any atom is -0.459 e. The third kappa shape index (κ3) is 1.73. The van der Waals surface area contributed by atoms with Gasteiger partial charge in [0.15, 0.2) is 0 Å². The molecule has 0 saturated carbocycles. The highest BCUT2D eigenvalue weighted by Crippen LogP contribution is 2.34. The smallest absolute Gasteiger partial charge is 0.292 e. The Morgan fingerprint density at radius 2 is 2.20 bits per heavy atom. The molecule has 0 bridgehead atoms. The fraction of sp³-hybridized carbons (Fsp3) is 0.800. The van der Waals surface area contributed by atoms with Crippen molar-refractivity contribution < 1.29 is 9.53 Å². The van der Waals surface area contributed by atoms with Crippen molar-refractivity contribution in [1.29, 1.82) is 5.41 Å². The molecule has 15 heavy (non-hydrogen) atoms. The van der Waals surface area contributed by atoms with Gasteiger partial charge in [-0.1, -0.05) is 20.8 Å². The Bertz CT molecular complexity index is 311. The maximum Gasteiger partial charge on any atom is 0.292 e. The number of carbonyl (C=O) groups excluding carboxylic acids is 1. The van der Waals surface area contributed by atoms with Crippen molar-refractivity contribution in [2.45, 2.75) is 32.9 Å². The maximum atomic E-state index is 12.1. The lowest BCUT2D eigenvalue weighted by Crippen LogP contribution is -2.46. The van der Waals surface area contributed by atoms with E-state index in [-0.39, 0.29) is 24.1 Å². The number of amides is 1. The summed E-state index contributed by atoms with van der Waals surface area (Å²) in [6, 6.07) is 0.111. The summed E-state index contributed by atoms with van der Waals surface area (Å²) in [6.45, 7) is 5.62. The first kappa shape index (κ1) is 10.8. The summed E-state index contributed by atoms with van der Waals surface area (Å²) >= 11 is 1.78.